The zero-order valence-corrected chi connectivity index (χ0v) is 16.8. The molecule has 0 spiro atoms. The highest BCUT2D eigenvalue weighted by atomic mass is 16.5. The lowest BCUT2D eigenvalue weighted by Crippen LogP contribution is -2.06. The first-order chi connectivity index (χ1) is 14.3. The van der Waals surface area contributed by atoms with Crippen LogP contribution < -0.4 is 4.74 Å². The van der Waals surface area contributed by atoms with E-state index in [-0.39, 0.29) is 5.97 Å². The third kappa shape index (κ3) is 4.04. The second-order valence-corrected chi connectivity index (χ2v) is 7.41. The number of methoxy groups -OCH3 is 1. The Morgan fingerprint density at radius 1 is 0.793 bits per heavy atom. The van der Waals surface area contributed by atoms with E-state index in [1.165, 1.54) is 29.4 Å². The fourth-order valence-corrected chi connectivity index (χ4v) is 4.25. The number of ether oxygens (including phenoxy) is 2. The van der Waals surface area contributed by atoms with Crippen molar-refractivity contribution in [2.24, 2.45) is 0 Å². The van der Waals surface area contributed by atoms with E-state index >= 15 is 0 Å². The molecule has 3 heteroatoms. The lowest BCUT2D eigenvalue weighted by atomic mass is 9.91. The van der Waals surface area contributed by atoms with Gasteiger partial charge in [0.25, 0.3) is 0 Å². The van der Waals surface area contributed by atoms with E-state index in [1.54, 1.807) is 6.07 Å². The van der Waals surface area contributed by atoms with Gasteiger partial charge in [0.15, 0.2) is 0 Å². The number of benzene rings is 3. The van der Waals surface area contributed by atoms with Crippen molar-refractivity contribution in [2.45, 2.75) is 31.6 Å². The van der Waals surface area contributed by atoms with Crippen LogP contribution in [0.5, 0.6) is 5.75 Å². The van der Waals surface area contributed by atoms with Crippen molar-refractivity contribution in [2.75, 3.05) is 13.7 Å². The molecule has 4 rings (SSSR count). The van der Waals surface area contributed by atoms with Crippen LogP contribution in [0, 0.1) is 0 Å². The van der Waals surface area contributed by atoms with Gasteiger partial charge in [-0.3, -0.25) is 0 Å². The summed E-state index contributed by atoms with van der Waals surface area (Å²) in [7, 11) is 1.39. The lowest BCUT2D eigenvalue weighted by Gasteiger charge is -2.14. The number of unbranched alkanes of at least 4 members (excludes halogenated alkanes) is 2. The molecule has 0 amide bonds. The summed E-state index contributed by atoms with van der Waals surface area (Å²) >= 11 is 0. The van der Waals surface area contributed by atoms with Gasteiger partial charge in [-0.05, 0) is 47.2 Å². The largest absolute Gasteiger partial charge is 0.493 e. The Labute approximate surface area is 172 Å². The maximum Gasteiger partial charge on any atom is 0.341 e. The van der Waals surface area contributed by atoms with Crippen LogP contribution in [-0.2, 0) is 4.74 Å². The summed E-state index contributed by atoms with van der Waals surface area (Å²) in [4.78, 5) is 11.8. The number of hydrogen-bond donors (Lipinski definition) is 0. The predicted molar refractivity (Wildman–Crippen MR) is 115 cm³/mol. The van der Waals surface area contributed by atoms with Gasteiger partial charge in [0.1, 0.15) is 11.3 Å². The van der Waals surface area contributed by atoms with E-state index in [9.17, 15) is 4.79 Å². The molecule has 3 nitrogen and oxygen atoms in total. The highest BCUT2D eigenvalue weighted by Gasteiger charge is 2.27. The molecule has 0 radical (unpaired) electrons. The molecule has 0 bridgehead atoms. The standard InChI is InChI=1S/C26H26O3/c1-28-26(27)24-16-8-9-17-25(24)29-18-10-2-3-11-19-20-12-4-6-14-22(20)23-15-7-5-13-21(19)23/h4-9,12-17,19H,2-3,10-11,18H2,1H3. The SMILES string of the molecule is COC(=O)c1ccccc1OCCCCCC1c2ccccc2-c2ccccc21. The number of para-hydroxylation sites is 1. The predicted octanol–water partition coefficient (Wildman–Crippen LogP) is 6.22. The first-order valence-corrected chi connectivity index (χ1v) is 10.3. The van der Waals surface area contributed by atoms with E-state index in [0.29, 0.717) is 23.8 Å². The van der Waals surface area contributed by atoms with Crippen LogP contribution in [0.4, 0.5) is 0 Å². The lowest BCUT2D eigenvalue weighted by molar-refractivity contribution is 0.0596. The van der Waals surface area contributed by atoms with Gasteiger partial charge in [0, 0.05) is 5.92 Å². The number of hydrogen-bond acceptors (Lipinski definition) is 3. The van der Waals surface area contributed by atoms with Gasteiger partial charge in [-0.25, -0.2) is 4.79 Å². The Balaban J connectivity index is 1.30. The molecular weight excluding hydrogens is 360 g/mol. The molecule has 0 heterocycles. The molecule has 0 unspecified atom stereocenters. The third-order valence-corrected chi connectivity index (χ3v) is 5.65. The molecule has 0 aliphatic heterocycles. The van der Waals surface area contributed by atoms with Gasteiger partial charge >= 0.3 is 5.97 Å². The van der Waals surface area contributed by atoms with E-state index < -0.39 is 0 Å². The molecule has 0 saturated carbocycles. The highest BCUT2D eigenvalue weighted by Crippen LogP contribution is 2.46. The smallest absolute Gasteiger partial charge is 0.341 e. The molecule has 0 aromatic heterocycles. The number of rotatable bonds is 8. The van der Waals surface area contributed by atoms with Crippen molar-refractivity contribution in [3.63, 3.8) is 0 Å². The van der Waals surface area contributed by atoms with Crippen LogP contribution in [0.3, 0.4) is 0 Å². The van der Waals surface area contributed by atoms with Crippen LogP contribution >= 0.6 is 0 Å². The number of carbonyl (C=O) groups is 1. The van der Waals surface area contributed by atoms with E-state index in [2.05, 4.69) is 48.5 Å². The number of carbonyl (C=O) groups excluding carboxylic acids is 1. The second kappa shape index (κ2) is 8.95. The normalized spacial score (nSPS) is 12.3. The van der Waals surface area contributed by atoms with Crippen LogP contribution in [0.25, 0.3) is 11.1 Å². The summed E-state index contributed by atoms with van der Waals surface area (Å²) in [5.74, 6) is 0.723. The van der Waals surface area contributed by atoms with E-state index in [0.717, 1.165) is 25.7 Å². The summed E-state index contributed by atoms with van der Waals surface area (Å²) in [5.41, 5.74) is 6.16. The van der Waals surface area contributed by atoms with Crippen molar-refractivity contribution in [3.8, 4) is 16.9 Å². The van der Waals surface area contributed by atoms with Crippen LogP contribution in [0.1, 0.15) is 53.1 Å². The molecule has 3 aromatic carbocycles. The molecule has 3 aromatic rings. The van der Waals surface area contributed by atoms with Crippen molar-refractivity contribution in [3.05, 3.63) is 89.5 Å². The van der Waals surface area contributed by atoms with E-state index in [4.69, 9.17) is 9.47 Å². The van der Waals surface area contributed by atoms with E-state index in [1.807, 2.05) is 18.2 Å². The quantitative estimate of drug-likeness (QED) is 0.340. The van der Waals surface area contributed by atoms with Crippen molar-refractivity contribution in [1.29, 1.82) is 0 Å². The third-order valence-electron chi connectivity index (χ3n) is 5.65. The topological polar surface area (TPSA) is 35.5 Å². The highest BCUT2D eigenvalue weighted by molar-refractivity contribution is 5.92. The average molecular weight is 386 g/mol. The maximum absolute atomic E-state index is 11.8. The average Bonchev–Trinajstić information content (AvgIpc) is 3.10. The first-order valence-electron chi connectivity index (χ1n) is 10.3. The summed E-state index contributed by atoms with van der Waals surface area (Å²) in [6, 6.07) is 24.8. The van der Waals surface area contributed by atoms with Gasteiger partial charge < -0.3 is 9.47 Å². The van der Waals surface area contributed by atoms with Gasteiger partial charge in [-0.2, -0.15) is 0 Å². The zero-order chi connectivity index (χ0) is 20.1. The summed E-state index contributed by atoms with van der Waals surface area (Å²) in [6.45, 7) is 0.603. The minimum Gasteiger partial charge on any atom is -0.493 e. The van der Waals surface area contributed by atoms with Gasteiger partial charge in [0.05, 0.1) is 13.7 Å². The summed E-state index contributed by atoms with van der Waals surface area (Å²) in [5, 5.41) is 0. The van der Waals surface area contributed by atoms with Crippen LogP contribution in [0.2, 0.25) is 0 Å². The Morgan fingerprint density at radius 2 is 1.41 bits per heavy atom. The molecule has 1 aliphatic carbocycles. The Kier molecular flexibility index (Phi) is 5.95. The van der Waals surface area contributed by atoms with Crippen LogP contribution in [0.15, 0.2) is 72.8 Å². The fraction of sp³-hybridized carbons (Fsp3) is 0.269. The molecule has 148 valence electrons. The second-order valence-electron chi connectivity index (χ2n) is 7.41. The summed E-state index contributed by atoms with van der Waals surface area (Å²) in [6.07, 6.45) is 4.36. The summed E-state index contributed by atoms with van der Waals surface area (Å²) < 4.78 is 10.7. The van der Waals surface area contributed by atoms with Gasteiger partial charge in [0.2, 0.25) is 0 Å². The van der Waals surface area contributed by atoms with Crippen molar-refractivity contribution in [1.82, 2.24) is 0 Å². The molecule has 0 fully saturated rings. The Morgan fingerprint density at radius 3 is 2.10 bits per heavy atom. The molecule has 0 saturated heterocycles. The first kappa shape index (κ1) is 19.3. The van der Waals surface area contributed by atoms with Crippen molar-refractivity contribution >= 4 is 5.97 Å². The van der Waals surface area contributed by atoms with Gasteiger partial charge in [-0.15, -0.1) is 0 Å². The molecule has 1 aliphatic rings. The van der Waals surface area contributed by atoms with Gasteiger partial charge in [-0.1, -0.05) is 73.5 Å². The Bertz CT molecular complexity index is 947. The minimum atomic E-state index is -0.362. The molecular formula is C26H26O3. The van der Waals surface area contributed by atoms with Crippen molar-refractivity contribution < 1.29 is 14.3 Å². The number of esters is 1. The monoisotopic (exact) mass is 386 g/mol. The molecule has 0 atom stereocenters. The maximum atomic E-state index is 11.8. The number of fused-ring (bicyclic) bond motifs is 3. The fourth-order valence-electron chi connectivity index (χ4n) is 4.25. The zero-order valence-electron chi connectivity index (χ0n) is 16.8. The Hall–Kier alpha value is -3.07. The molecule has 29 heavy (non-hydrogen) atoms. The minimum absolute atomic E-state index is 0.362. The molecule has 0 N–H and O–H groups in total. The van der Waals surface area contributed by atoms with Crippen LogP contribution in [-0.4, -0.2) is 19.7 Å².